The first kappa shape index (κ1) is 33.6. The number of aromatic nitrogens is 4. The first-order valence-electron chi connectivity index (χ1n) is 16.4. The quantitative estimate of drug-likeness (QED) is 0.218. The van der Waals surface area contributed by atoms with E-state index in [0.29, 0.717) is 80.8 Å². The average Bonchev–Trinajstić information content (AvgIpc) is 3.80. The summed E-state index contributed by atoms with van der Waals surface area (Å²) in [4.78, 5) is 46.3. The standard InChI is InChI=1S/C35H41N9O5/c1-24-8-6-7-11-28(24)36-35(47)37-29-13-12-26(18-31(29)48-2)19-33(45)44-21-27(49-23-25-9-4-3-5-10-25)20-30(44)34(46)43-16-14-42(15-17-43)22-32-38-40-41-39-32/h3-13,18,27,30H,14-17,19-23H2,1-2H3,(H2,36,37,47)(H,38,39,40,41)/t27-,30+/m1/s1. The number of tetrazole rings is 1. The van der Waals surface area contributed by atoms with Gasteiger partial charge in [0.15, 0.2) is 5.82 Å². The van der Waals surface area contributed by atoms with Gasteiger partial charge in [0.05, 0.1) is 38.5 Å². The molecule has 6 rings (SSSR count). The Morgan fingerprint density at radius 2 is 1.67 bits per heavy atom. The number of likely N-dealkylation sites (tertiary alicyclic amines) is 1. The molecule has 3 N–H and O–H groups in total. The van der Waals surface area contributed by atoms with Crippen molar-refractivity contribution in [2.45, 2.75) is 45.1 Å². The summed E-state index contributed by atoms with van der Waals surface area (Å²) in [6.45, 7) is 5.58. The first-order chi connectivity index (χ1) is 23.9. The van der Waals surface area contributed by atoms with E-state index in [1.807, 2.05) is 66.4 Å². The number of nitrogens with zero attached hydrogens (tertiary/aromatic N) is 6. The van der Waals surface area contributed by atoms with Crippen LogP contribution in [-0.4, -0.2) is 105 Å². The Hall–Kier alpha value is -5.34. The number of benzene rings is 3. The van der Waals surface area contributed by atoms with Crippen LogP contribution in [-0.2, 0) is 33.9 Å². The maximum Gasteiger partial charge on any atom is 0.323 e. The van der Waals surface area contributed by atoms with Crippen molar-refractivity contribution in [1.29, 1.82) is 0 Å². The summed E-state index contributed by atoms with van der Waals surface area (Å²) >= 11 is 0. The van der Waals surface area contributed by atoms with E-state index in [1.165, 1.54) is 7.11 Å². The number of carbonyl (C=O) groups excluding carboxylic acids is 3. The molecular formula is C35H41N9O5. The summed E-state index contributed by atoms with van der Waals surface area (Å²) in [6.07, 6.45) is 0.188. The normalized spacial score (nSPS) is 17.9. The zero-order chi connectivity index (χ0) is 34.2. The molecule has 3 heterocycles. The van der Waals surface area contributed by atoms with Gasteiger partial charge in [0, 0.05) is 44.8 Å². The number of aromatic amines is 1. The Kier molecular flexibility index (Phi) is 10.8. The second-order valence-electron chi connectivity index (χ2n) is 12.3. The van der Waals surface area contributed by atoms with E-state index in [4.69, 9.17) is 9.47 Å². The van der Waals surface area contributed by atoms with E-state index in [9.17, 15) is 14.4 Å². The van der Waals surface area contributed by atoms with E-state index in [1.54, 1.807) is 23.1 Å². The van der Waals surface area contributed by atoms with Crippen LogP contribution in [0.4, 0.5) is 16.2 Å². The van der Waals surface area contributed by atoms with Crippen LogP contribution in [0.25, 0.3) is 0 Å². The highest BCUT2D eigenvalue weighted by atomic mass is 16.5. The van der Waals surface area contributed by atoms with Gasteiger partial charge in [0.25, 0.3) is 0 Å². The molecule has 3 aromatic carbocycles. The van der Waals surface area contributed by atoms with Crippen LogP contribution in [0, 0.1) is 6.92 Å². The van der Waals surface area contributed by atoms with Gasteiger partial charge in [-0.3, -0.25) is 14.5 Å². The van der Waals surface area contributed by atoms with Crippen molar-refractivity contribution in [2.24, 2.45) is 0 Å². The molecule has 0 radical (unpaired) electrons. The minimum atomic E-state index is -0.634. The highest BCUT2D eigenvalue weighted by molar-refractivity contribution is 6.01. The van der Waals surface area contributed by atoms with Gasteiger partial charge in [-0.2, -0.15) is 5.21 Å². The number of nitrogens with one attached hydrogen (secondary N) is 3. The van der Waals surface area contributed by atoms with Gasteiger partial charge in [-0.1, -0.05) is 59.8 Å². The van der Waals surface area contributed by atoms with Gasteiger partial charge in [0.2, 0.25) is 11.8 Å². The van der Waals surface area contributed by atoms with Gasteiger partial charge < -0.3 is 29.9 Å². The smallest absolute Gasteiger partial charge is 0.323 e. The van der Waals surface area contributed by atoms with Gasteiger partial charge in [0.1, 0.15) is 11.8 Å². The number of anilines is 2. The van der Waals surface area contributed by atoms with Gasteiger partial charge in [-0.15, -0.1) is 10.2 Å². The molecule has 2 saturated heterocycles. The lowest BCUT2D eigenvalue weighted by Gasteiger charge is -2.36. The zero-order valence-electron chi connectivity index (χ0n) is 27.7. The van der Waals surface area contributed by atoms with Crippen LogP contribution >= 0.6 is 0 Å². The molecule has 14 nitrogen and oxygen atoms in total. The van der Waals surface area contributed by atoms with Crippen molar-refractivity contribution in [3.8, 4) is 5.75 Å². The van der Waals surface area contributed by atoms with E-state index in [2.05, 4.69) is 36.2 Å². The average molecular weight is 668 g/mol. The zero-order valence-corrected chi connectivity index (χ0v) is 27.7. The third-order valence-electron chi connectivity index (χ3n) is 8.90. The predicted octanol–water partition coefficient (Wildman–Crippen LogP) is 3.23. The lowest BCUT2D eigenvalue weighted by atomic mass is 10.1. The van der Waals surface area contributed by atoms with Crippen LogP contribution in [0.3, 0.4) is 0 Å². The van der Waals surface area contributed by atoms with Crippen molar-refractivity contribution in [3.05, 3.63) is 95.3 Å². The van der Waals surface area contributed by atoms with Crippen molar-refractivity contribution >= 4 is 29.2 Å². The minimum absolute atomic E-state index is 0.0553. The fourth-order valence-corrected chi connectivity index (χ4v) is 6.22. The summed E-state index contributed by atoms with van der Waals surface area (Å²) in [7, 11) is 1.51. The summed E-state index contributed by atoms with van der Waals surface area (Å²) in [6, 6.07) is 21.5. The second-order valence-corrected chi connectivity index (χ2v) is 12.3. The van der Waals surface area contributed by atoms with Gasteiger partial charge >= 0.3 is 6.03 Å². The summed E-state index contributed by atoms with van der Waals surface area (Å²) in [5, 5.41) is 19.8. The monoisotopic (exact) mass is 667 g/mol. The number of H-pyrrole nitrogens is 1. The summed E-state index contributed by atoms with van der Waals surface area (Å²) < 4.78 is 11.8. The maximum absolute atomic E-state index is 14.0. The molecule has 0 spiro atoms. The van der Waals surface area contributed by atoms with Crippen LogP contribution in [0.1, 0.15) is 28.9 Å². The molecule has 14 heteroatoms. The molecule has 2 atom stereocenters. The van der Waals surface area contributed by atoms with Gasteiger partial charge in [-0.05, 0) is 41.8 Å². The van der Waals surface area contributed by atoms with Crippen LogP contribution in [0.2, 0.25) is 0 Å². The molecule has 0 unspecified atom stereocenters. The fraction of sp³-hybridized carbons (Fsp3) is 0.371. The van der Waals surface area contributed by atoms with Gasteiger partial charge in [-0.25, -0.2) is 4.79 Å². The number of amides is 4. The lowest BCUT2D eigenvalue weighted by molar-refractivity contribution is -0.144. The number of ether oxygens (including phenoxy) is 2. The highest BCUT2D eigenvalue weighted by Crippen LogP contribution is 2.29. The fourth-order valence-electron chi connectivity index (χ4n) is 6.22. The first-order valence-corrected chi connectivity index (χ1v) is 16.4. The number of aryl methyl sites for hydroxylation is 1. The van der Waals surface area contributed by atoms with E-state index >= 15 is 0 Å². The number of hydrogen-bond donors (Lipinski definition) is 3. The minimum Gasteiger partial charge on any atom is -0.495 e. The number of piperazine rings is 1. The van der Waals surface area contributed by atoms with Crippen molar-refractivity contribution < 1.29 is 23.9 Å². The van der Waals surface area contributed by atoms with E-state index < -0.39 is 12.1 Å². The molecule has 4 amide bonds. The molecule has 49 heavy (non-hydrogen) atoms. The molecule has 0 bridgehead atoms. The van der Waals surface area contributed by atoms with E-state index in [-0.39, 0.29) is 24.3 Å². The number of urea groups is 1. The van der Waals surface area contributed by atoms with Crippen LogP contribution < -0.4 is 15.4 Å². The molecule has 0 aliphatic carbocycles. The van der Waals surface area contributed by atoms with Crippen LogP contribution in [0.15, 0.2) is 72.8 Å². The third-order valence-corrected chi connectivity index (χ3v) is 8.90. The molecule has 256 valence electrons. The largest absolute Gasteiger partial charge is 0.495 e. The molecule has 1 aromatic heterocycles. The Morgan fingerprint density at radius 3 is 2.41 bits per heavy atom. The number of rotatable bonds is 11. The van der Waals surface area contributed by atoms with E-state index in [0.717, 1.165) is 11.1 Å². The molecule has 4 aromatic rings. The molecule has 2 aliphatic rings. The second kappa shape index (κ2) is 15.7. The topological polar surface area (TPSA) is 158 Å². The summed E-state index contributed by atoms with van der Waals surface area (Å²) in [5.74, 6) is 0.772. The third kappa shape index (κ3) is 8.58. The highest BCUT2D eigenvalue weighted by Gasteiger charge is 2.42. The lowest BCUT2D eigenvalue weighted by Crippen LogP contribution is -2.54. The number of hydrogen-bond acceptors (Lipinski definition) is 9. The Labute approximate surface area is 284 Å². The molecule has 0 saturated carbocycles. The molecule has 2 fully saturated rings. The predicted molar refractivity (Wildman–Crippen MR) is 182 cm³/mol. The Bertz CT molecular complexity index is 1730. The van der Waals surface area contributed by atoms with Crippen LogP contribution in [0.5, 0.6) is 5.75 Å². The SMILES string of the molecule is COc1cc(CC(=O)N2C[C@H](OCc3ccccc3)C[C@H]2C(=O)N2CCN(Cc3nn[nH]n3)CC2)ccc1NC(=O)Nc1ccccc1C. The number of methoxy groups -OCH3 is 1. The van der Waals surface area contributed by atoms with Crippen molar-refractivity contribution in [1.82, 2.24) is 35.3 Å². The number of para-hydroxylation sites is 1. The van der Waals surface area contributed by atoms with Crippen molar-refractivity contribution in [2.75, 3.05) is 50.5 Å². The Balaban J connectivity index is 1.11. The molecular weight excluding hydrogens is 626 g/mol. The number of carbonyl (C=O) groups is 3. The molecule has 2 aliphatic heterocycles. The Morgan fingerprint density at radius 1 is 0.918 bits per heavy atom. The summed E-state index contributed by atoms with van der Waals surface area (Å²) in [5.41, 5.74) is 3.83. The van der Waals surface area contributed by atoms with Crippen molar-refractivity contribution in [3.63, 3.8) is 0 Å². The maximum atomic E-state index is 14.0.